The summed E-state index contributed by atoms with van der Waals surface area (Å²) in [6.45, 7) is 3.70. The Kier molecular flexibility index (Phi) is 6.16. The summed E-state index contributed by atoms with van der Waals surface area (Å²) in [5.41, 5.74) is 3.40. The van der Waals surface area contributed by atoms with Gasteiger partial charge < -0.3 is 19.7 Å². The predicted octanol–water partition coefficient (Wildman–Crippen LogP) is 2.85. The van der Waals surface area contributed by atoms with Crippen LogP contribution in [0.15, 0.2) is 42.5 Å². The summed E-state index contributed by atoms with van der Waals surface area (Å²) < 4.78 is 10.3. The third-order valence-electron chi connectivity index (χ3n) is 5.07. The number of rotatable bonds is 6. The van der Waals surface area contributed by atoms with Crippen LogP contribution in [0.5, 0.6) is 5.75 Å². The van der Waals surface area contributed by atoms with Gasteiger partial charge in [0.25, 0.3) is 5.91 Å². The van der Waals surface area contributed by atoms with Crippen LogP contribution >= 0.6 is 0 Å². The second-order valence-corrected chi connectivity index (χ2v) is 7.01. The number of amides is 2. The lowest BCUT2D eigenvalue weighted by Gasteiger charge is -2.17. The van der Waals surface area contributed by atoms with E-state index in [0.717, 1.165) is 11.1 Å². The smallest absolute Gasteiger partial charge is 0.311 e. The van der Waals surface area contributed by atoms with Gasteiger partial charge in [-0.15, -0.1) is 0 Å². The van der Waals surface area contributed by atoms with E-state index >= 15 is 0 Å². The number of hydrogen-bond donors (Lipinski definition) is 1. The van der Waals surface area contributed by atoms with Gasteiger partial charge in [0.05, 0.1) is 13.0 Å². The van der Waals surface area contributed by atoms with Gasteiger partial charge in [-0.1, -0.05) is 12.1 Å². The number of ether oxygens (including phenoxy) is 2. The average molecular weight is 396 g/mol. The normalized spacial score (nSPS) is 15.9. The molecular formula is C22H24N2O5. The Labute approximate surface area is 169 Å². The van der Waals surface area contributed by atoms with Gasteiger partial charge in [-0.05, 0) is 55.3 Å². The van der Waals surface area contributed by atoms with Crippen molar-refractivity contribution in [1.82, 2.24) is 0 Å². The van der Waals surface area contributed by atoms with Crippen molar-refractivity contribution in [3.8, 4) is 5.75 Å². The molecule has 2 aromatic rings. The molecule has 2 amide bonds. The molecule has 0 aliphatic carbocycles. The molecule has 0 unspecified atom stereocenters. The molecule has 3 rings (SSSR count). The Morgan fingerprint density at radius 1 is 1.14 bits per heavy atom. The molecule has 152 valence electrons. The van der Waals surface area contributed by atoms with Crippen molar-refractivity contribution >= 4 is 29.2 Å². The van der Waals surface area contributed by atoms with E-state index in [1.807, 2.05) is 26.0 Å². The van der Waals surface area contributed by atoms with Gasteiger partial charge in [0.15, 0.2) is 6.61 Å². The molecule has 1 heterocycles. The minimum Gasteiger partial charge on any atom is -0.497 e. The number of benzene rings is 2. The molecular weight excluding hydrogens is 372 g/mol. The Morgan fingerprint density at radius 3 is 2.55 bits per heavy atom. The molecule has 1 fully saturated rings. The van der Waals surface area contributed by atoms with Crippen molar-refractivity contribution < 1.29 is 23.9 Å². The van der Waals surface area contributed by atoms with E-state index in [1.165, 1.54) is 0 Å². The van der Waals surface area contributed by atoms with Gasteiger partial charge in [-0.25, -0.2) is 0 Å². The maximum Gasteiger partial charge on any atom is 0.311 e. The molecule has 1 atom stereocenters. The molecule has 1 saturated heterocycles. The van der Waals surface area contributed by atoms with Gasteiger partial charge in [-0.3, -0.25) is 14.4 Å². The molecule has 1 aliphatic heterocycles. The van der Waals surface area contributed by atoms with Crippen LogP contribution < -0.4 is 15.0 Å². The number of methoxy groups -OCH3 is 1. The summed E-state index contributed by atoms with van der Waals surface area (Å²) >= 11 is 0. The molecule has 1 aliphatic rings. The number of carbonyl (C=O) groups is 3. The van der Waals surface area contributed by atoms with Crippen LogP contribution in [-0.4, -0.2) is 38.0 Å². The highest BCUT2D eigenvalue weighted by atomic mass is 16.5. The lowest BCUT2D eigenvalue weighted by Crippen LogP contribution is -2.28. The van der Waals surface area contributed by atoms with Crippen LogP contribution in [0.2, 0.25) is 0 Å². The fourth-order valence-corrected chi connectivity index (χ4v) is 3.20. The van der Waals surface area contributed by atoms with Crippen molar-refractivity contribution in [2.75, 3.05) is 30.5 Å². The monoisotopic (exact) mass is 396 g/mol. The van der Waals surface area contributed by atoms with Gasteiger partial charge >= 0.3 is 5.97 Å². The zero-order chi connectivity index (χ0) is 21.0. The van der Waals surface area contributed by atoms with E-state index in [9.17, 15) is 14.4 Å². The summed E-state index contributed by atoms with van der Waals surface area (Å²) in [5, 5.41) is 2.75. The minimum atomic E-state index is -0.599. The van der Waals surface area contributed by atoms with E-state index < -0.39 is 17.8 Å². The Balaban J connectivity index is 1.53. The van der Waals surface area contributed by atoms with E-state index in [-0.39, 0.29) is 25.5 Å². The first-order valence-electron chi connectivity index (χ1n) is 9.36. The standard InChI is InChI=1S/C22H24N2O5/c1-14-5-4-6-19(15(14)2)23-20(25)13-29-22(27)16-11-21(26)24(12-16)17-7-9-18(28-3)10-8-17/h4-10,16H,11-13H2,1-3H3,(H,23,25)/t16-/m0/s1. The second-order valence-electron chi connectivity index (χ2n) is 7.01. The number of anilines is 2. The first-order valence-corrected chi connectivity index (χ1v) is 9.36. The molecule has 7 nitrogen and oxygen atoms in total. The second kappa shape index (κ2) is 8.77. The van der Waals surface area contributed by atoms with Crippen LogP contribution in [-0.2, 0) is 19.1 Å². The SMILES string of the molecule is COc1ccc(N2C[C@@H](C(=O)OCC(=O)Nc3cccc(C)c3C)CC2=O)cc1. The number of esters is 1. The number of aryl methyl sites for hydroxylation is 1. The topological polar surface area (TPSA) is 84.9 Å². The van der Waals surface area contributed by atoms with Gasteiger partial charge in [0, 0.05) is 24.3 Å². The molecule has 0 aromatic heterocycles. The number of nitrogens with zero attached hydrogens (tertiary/aromatic N) is 1. The minimum absolute atomic E-state index is 0.0590. The summed E-state index contributed by atoms with van der Waals surface area (Å²) in [4.78, 5) is 38.3. The van der Waals surface area contributed by atoms with Crippen molar-refractivity contribution in [1.29, 1.82) is 0 Å². The first-order chi connectivity index (χ1) is 13.9. The van der Waals surface area contributed by atoms with Crippen molar-refractivity contribution in [3.63, 3.8) is 0 Å². The first kappa shape index (κ1) is 20.4. The predicted molar refractivity (Wildman–Crippen MR) is 109 cm³/mol. The van der Waals surface area contributed by atoms with E-state index in [2.05, 4.69) is 5.32 Å². The summed E-state index contributed by atoms with van der Waals surface area (Å²) in [6.07, 6.45) is 0.0590. The van der Waals surface area contributed by atoms with Crippen LogP contribution in [0.1, 0.15) is 17.5 Å². The lowest BCUT2D eigenvalue weighted by atomic mass is 10.1. The number of carbonyl (C=O) groups excluding carboxylic acids is 3. The molecule has 0 spiro atoms. The molecule has 0 bridgehead atoms. The fraction of sp³-hybridized carbons (Fsp3) is 0.318. The molecule has 7 heteroatoms. The highest BCUT2D eigenvalue weighted by Crippen LogP contribution is 2.27. The van der Waals surface area contributed by atoms with Crippen LogP contribution in [0.25, 0.3) is 0 Å². The molecule has 29 heavy (non-hydrogen) atoms. The van der Waals surface area contributed by atoms with Crippen LogP contribution in [0.3, 0.4) is 0 Å². The Bertz CT molecular complexity index is 923. The zero-order valence-corrected chi connectivity index (χ0v) is 16.7. The summed E-state index contributed by atoms with van der Waals surface area (Å²) in [5.74, 6) is -1.03. The largest absolute Gasteiger partial charge is 0.497 e. The lowest BCUT2D eigenvalue weighted by molar-refractivity contribution is -0.151. The zero-order valence-electron chi connectivity index (χ0n) is 16.7. The van der Waals surface area contributed by atoms with Gasteiger partial charge in [-0.2, -0.15) is 0 Å². The van der Waals surface area contributed by atoms with Crippen LogP contribution in [0.4, 0.5) is 11.4 Å². The highest BCUT2D eigenvalue weighted by Gasteiger charge is 2.36. The maximum absolute atomic E-state index is 12.3. The summed E-state index contributed by atoms with van der Waals surface area (Å²) in [6, 6.07) is 12.6. The van der Waals surface area contributed by atoms with E-state index in [0.29, 0.717) is 17.1 Å². The third-order valence-corrected chi connectivity index (χ3v) is 5.07. The Morgan fingerprint density at radius 2 is 1.86 bits per heavy atom. The quantitative estimate of drug-likeness (QED) is 0.759. The molecule has 2 aromatic carbocycles. The van der Waals surface area contributed by atoms with E-state index in [4.69, 9.17) is 9.47 Å². The van der Waals surface area contributed by atoms with E-state index in [1.54, 1.807) is 42.3 Å². The van der Waals surface area contributed by atoms with Gasteiger partial charge in [0.2, 0.25) is 5.91 Å². The maximum atomic E-state index is 12.3. The molecule has 0 radical (unpaired) electrons. The third kappa shape index (κ3) is 4.74. The highest BCUT2D eigenvalue weighted by molar-refractivity contribution is 6.00. The number of nitrogens with one attached hydrogen (secondary N) is 1. The average Bonchev–Trinajstić information content (AvgIpc) is 3.11. The van der Waals surface area contributed by atoms with Crippen molar-refractivity contribution in [2.45, 2.75) is 20.3 Å². The van der Waals surface area contributed by atoms with Gasteiger partial charge in [0.1, 0.15) is 5.75 Å². The fourth-order valence-electron chi connectivity index (χ4n) is 3.20. The Hall–Kier alpha value is -3.35. The van der Waals surface area contributed by atoms with Crippen molar-refractivity contribution in [3.05, 3.63) is 53.6 Å². The van der Waals surface area contributed by atoms with Crippen LogP contribution in [0, 0.1) is 19.8 Å². The summed E-state index contributed by atoms with van der Waals surface area (Å²) in [7, 11) is 1.57. The van der Waals surface area contributed by atoms with Crippen molar-refractivity contribution in [2.24, 2.45) is 5.92 Å². The molecule has 0 saturated carbocycles. The molecule has 1 N–H and O–H groups in total. The number of hydrogen-bond acceptors (Lipinski definition) is 5.